The van der Waals surface area contributed by atoms with Gasteiger partial charge >= 0.3 is 5.97 Å². The van der Waals surface area contributed by atoms with E-state index in [1.54, 1.807) is 12.1 Å². The molecule has 0 aromatic heterocycles. The smallest absolute Gasteiger partial charge is 0.338 e. The first-order valence-corrected chi connectivity index (χ1v) is 23.3. The fourth-order valence-electron chi connectivity index (χ4n) is 5.58. The lowest BCUT2D eigenvalue weighted by molar-refractivity contribution is -0.309. The summed E-state index contributed by atoms with van der Waals surface area (Å²) in [5, 5.41) is -0.171. The maximum Gasteiger partial charge on any atom is 0.338 e. The topological polar surface area (TPSA) is 72.5 Å². The van der Waals surface area contributed by atoms with Crippen LogP contribution in [0.2, 0.25) is 36.3 Å². The van der Waals surface area contributed by atoms with Gasteiger partial charge in [0.2, 0.25) is 0 Å². The number of hydrogen-bond donors (Lipinski definition) is 0. The van der Waals surface area contributed by atoms with Crippen molar-refractivity contribution in [1.29, 1.82) is 0 Å². The Morgan fingerprint density at radius 2 is 1.28 bits per heavy atom. The fraction of sp³-hybridized carbons (Fsp3) is 0.658. The summed E-state index contributed by atoms with van der Waals surface area (Å²) in [5.74, 6) is -0.426. The van der Waals surface area contributed by atoms with Crippen LogP contribution in [0.1, 0.15) is 89.6 Å². The monoisotopic (exact) mass is 684 g/mol. The number of benzene rings is 2. The van der Waals surface area contributed by atoms with Crippen molar-refractivity contribution in [3.05, 3.63) is 71.8 Å². The number of carbonyl (C=O) groups excluding carboxylic acids is 1. The summed E-state index contributed by atoms with van der Waals surface area (Å²) in [5.41, 5.74) is 1.56. The molecule has 1 saturated heterocycles. The van der Waals surface area contributed by atoms with Crippen LogP contribution in [-0.4, -0.2) is 66.0 Å². The van der Waals surface area contributed by atoms with E-state index >= 15 is 0 Å². The molecule has 262 valence electrons. The Morgan fingerprint density at radius 3 is 1.83 bits per heavy atom. The molecule has 5 atom stereocenters. The maximum absolute atomic E-state index is 13.8. The number of carbonyl (C=O) groups is 1. The third-order valence-electron chi connectivity index (χ3n) is 10.6. The van der Waals surface area contributed by atoms with Crippen LogP contribution in [0.4, 0.5) is 0 Å². The van der Waals surface area contributed by atoms with E-state index in [1.165, 1.54) is 6.42 Å². The summed E-state index contributed by atoms with van der Waals surface area (Å²) >= 11 is 0. The van der Waals surface area contributed by atoms with E-state index in [1.807, 2.05) is 36.4 Å². The van der Waals surface area contributed by atoms with E-state index in [4.69, 9.17) is 27.8 Å². The van der Waals surface area contributed by atoms with Gasteiger partial charge in [-0.2, -0.15) is 0 Å². The van der Waals surface area contributed by atoms with Crippen molar-refractivity contribution in [3.63, 3.8) is 0 Å². The predicted octanol–water partition coefficient (Wildman–Crippen LogP) is 9.28. The lowest BCUT2D eigenvalue weighted by atomic mass is 9.96. The van der Waals surface area contributed by atoms with Gasteiger partial charge in [-0.3, -0.25) is 0 Å². The molecule has 0 radical (unpaired) electrons. The van der Waals surface area contributed by atoms with Gasteiger partial charge in [-0.25, -0.2) is 4.79 Å². The summed E-state index contributed by atoms with van der Waals surface area (Å²) in [7, 11) is -4.81. The molecule has 1 aliphatic heterocycles. The summed E-state index contributed by atoms with van der Waals surface area (Å²) < 4.78 is 41.1. The molecule has 2 aromatic rings. The average molecular weight is 685 g/mol. The summed E-state index contributed by atoms with van der Waals surface area (Å²) in [6.07, 6.45) is 2.01. The highest BCUT2D eigenvalue weighted by Gasteiger charge is 2.56. The predicted molar refractivity (Wildman–Crippen MR) is 193 cm³/mol. The number of hydrogen-bond acceptors (Lipinski definition) is 7. The third-order valence-corrected chi connectivity index (χ3v) is 19.5. The summed E-state index contributed by atoms with van der Waals surface area (Å²) in [4.78, 5) is 13.8. The van der Waals surface area contributed by atoms with Gasteiger partial charge in [0.05, 0.1) is 24.9 Å². The standard InChI is InChI=1S/C38H60O7Si2/c1-37(2,3)46(7,8)44-32-31(27-40-26-28-20-14-11-15-21-28)42-36(41-30-24-18-13-19-25-30)34(33(32)45-47(9,10)38(4,5)6)43-35(39)29-22-16-12-17-23-29/h11-12,14-17,20-23,30-34,36H,13,18-19,24-27H2,1-10H3/t31-,32-,33+,34-,36?/m1/s1. The molecule has 2 aliphatic rings. The minimum Gasteiger partial charge on any atom is -0.450 e. The molecule has 1 aliphatic carbocycles. The van der Waals surface area contributed by atoms with Crippen LogP contribution in [0, 0.1) is 0 Å². The first-order chi connectivity index (χ1) is 22.0. The first kappa shape index (κ1) is 38.0. The van der Waals surface area contributed by atoms with Crippen molar-refractivity contribution in [1.82, 2.24) is 0 Å². The lowest BCUT2D eigenvalue weighted by Crippen LogP contribution is -2.67. The van der Waals surface area contributed by atoms with Crippen LogP contribution in [0.5, 0.6) is 0 Å². The molecule has 0 bridgehead atoms. The molecule has 1 heterocycles. The van der Waals surface area contributed by atoms with Crippen LogP contribution in [0.3, 0.4) is 0 Å². The minimum atomic E-state index is -2.43. The van der Waals surface area contributed by atoms with Gasteiger partial charge in [-0.05, 0) is 66.8 Å². The van der Waals surface area contributed by atoms with Crippen molar-refractivity contribution in [2.75, 3.05) is 6.61 Å². The zero-order valence-electron chi connectivity index (χ0n) is 30.5. The SMILES string of the molecule is CC(C)(C)[Si](C)(C)O[C@H]1[C@H](O[Si](C)(C)C(C)(C)C)[C@@H](OC(=O)c2ccccc2)C(OC2CCCCC2)O[C@@H]1COCc1ccccc1. The van der Waals surface area contributed by atoms with E-state index in [2.05, 4.69) is 79.9 Å². The third kappa shape index (κ3) is 10.1. The lowest BCUT2D eigenvalue weighted by Gasteiger charge is -2.52. The second kappa shape index (κ2) is 15.8. The second-order valence-electron chi connectivity index (χ2n) is 16.4. The molecular formula is C38H60O7Si2. The zero-order valence-corrected chi connectivity index (χ0v) is 32.5. The highest BCUT2D eigenvalue weighted by molar-refractivity contribution is 6.74. The number of rotatable bonds is 12. The van der Waals surface area contributed by atoms with E-state index in [0.717, 1.165) is 31.2 Å². The Balaban J connectivity index is 1.77. The highest BCUT2D eigenvalue weighted by atomic mass is 28.4. The quantitative estimate of drug-likeness (QED) is 0.163. The Hall–Kier alpha value is -1.86. The van der Waals surface area contributed by atoms with Gasteiger partial charge in [-0.15, -0.1) is 0 Å². The zero-order chi connectivity index (χ0) is 34.5. The van der Waals surface area contributed by atoms with Crippen LogP contribution < -0.4 is 0 Å². The molecule has 47 heavy (non-hydrogen) atoms. The van der Waals surface area contributed by atoms with Crippen molar-refractivity contribution in [3.8, 4) is 0 Å². The van der Waals surface area contributed by atoms with Gasteiger partial charge in [0, 0.05) is 0 Å². The molecule has 7 nitrogen and oxygen atoms in total. The van der Waals surface area contributed by atoms with Crippen molar-refractivity contribution in [2.45, 2.75) is 153 Å². The fourth-order valence-corrected chi connectivity index (χ4v) is 8.20. The van der Waals surface area contributed by atoms with Crippen molar-refractivity contribution >= 4 is 22.6 Å². The molecule has 1 unspecified atom stereocenters. The van der Waals surface area contributed by atoms with E-state index < -0.39 is 53.3 Å². The summed E-state index contributed by atoms with van der Waals surface area (Å²) in [6, 6.07) is 19.3. The molecule has 0 spiro atoms. The molecule has 2 aromatic carbocycles. The first-order valence-electron chi connectivity index (χ1n) is 17.5. The van der Waals surface area contributed by atoms with Crippen molar-refractivity contribution < 1.29 is 32.6 Å². The van der Waals surface area contributed by atoms with E-state index in [0.29, 0.717) is 12.2 Å². The Kier molecular flexibility index (Phi) is 12.7. The van der Waals surface area contributed by atoms with Crippen LogP contribution in [-0.2, 0) is 34.4 Å². The van der Waals surface area contributed by atoms with Gasteiger partial charge in [0.1, 0.15) is 18.3 Å². The van der Waals surface area contributed by atoms with Crippen LogP contribution >= 0.6 is 0 Å². The average Bonchev–Trinajstić information content (AvgIpc) is 3.00. The maximum atomic E-state index is 13.8. The molecule has 9 heteroatoms. The van der Waals surface area contributed by atoms with Gasteiger partial charge in [0.25, 0.3) is 0 Å². The Bertz CT molecular complexity index is 1250. The van der Waals surface area contributed by atoms with Crippen LogP contribution in [0.15, 0.2) is 60.7 Å². The van der Waals surface area contributed by atoms with Gasteiger partial charge < -0.3 is 27.8 Å². The second-order valence-corrected chi connectivity index (χ2v) is 25.9. The van der Waals surface area contributed by atoms with Crippen LogP contribution in [0.25, 0.3) is 0 Å². The number of esters is 1. The Morgan fingerprint density at radius 1 is 0.745 bits per heavy atom. The van der Waals surface area contributed by atoms with E-state index in [-0.39, 0.29) is 22.8 Å². The largest absolute Gasteiger partial charge is 0.450 e. The molecule has 0 amide bonds. The van der Waals surface area contributed by atoms with Crippen molar-refractivity contribution in [2.24, 2.45) is 0 Å². The summed E-state index contributed by atoms with van der Waals surface area (Å²) in [6.45, 7) is 23.1. The minimum absolute atomic E-state index is 0.0175. The normalized spacial score (nSPS) is 25.0. The number of ether oxygens (including phenoxy) is 4. The Labute approximate surface area is 286 Å². The molecule has 2 fully saturated rings. The molecule has 4 rings (SSSR count). The molecular weight excluding hydrogens is 625 g/mol. The van der Waals surface area contributed by atoms with E-state index in [9.17, 15) is 4.79 Å². The van der Waals surface area contributed by atoms with Gasteiger partial charge in [-0.1, -0.05) is 109 Å². The van der Waals surface area contributed by atoms with Gasteiger partial charge in [0.15, 0.2) is 29.0 Å². The molecule has 0 N–H and O–H groups in total. The highest BCUT2D eigenvalue weighted by Crippen LogP contribution is 2.44. The molecule has 1 saturated carbocycles.